The Morgan fingerprint density at radius 1 is 1.27 bits per heavy atom. The van der Waals surface area contributed by atoms with Crippen molar-refractivity contribution in [2.24, 2.45) is 5.73 Å². The van der Waals surface area contributed by atoms with Crippen LogP contribution in [0.25, 0.3) is 0 Å². The molecule has 0 unspecified atom stereocenters. The van der Waals surface area contributed by atoms with Crippen LogP contribution < -0.4 is 5.73 Å². The van der Waals surface area contributed by atoms with E-state index in [-0.39, 0.29) is 5.54 Å². The number of nitrogens with two attached hydrogens (primary N) is 1. The number of likely N-dealkylation sites (N-methyl/N-ethyl adjacent to an activating group) is 1. The first-order valence-corrected chi connectivity index (χ1v) is 6.26. The fourth-order valence-electron chi connectivity index (χ4n) is 2.91. The third-order valence-electron chi connectivity index (χ3n) is 4.00. The molecule has 88 valence electrons. The van der Waals surface area contributed by atoms with Gasteiger partial charge in [-0.3, -0.25) is 0 Å². The van der Waals surface area contributed by atoms with Crippen molar-refractivity contribution in [2.75, 3.05) is 26.8 Å². The summed E-state index contributed by atoms with van der Waals surface area (Å²) in [6, 6.07) is 0.785. The summed E-state index contributed by atoms with van der Waals surface area (Å²) < 4.78 is 5.37. The molecule has 0 aromatic rings. The Bertz CT molecular complexity index is 196. The normalized spacial score (nSPS) is 27.4. The molecule has 0 radical (unpaired) electrons. The summed E-state index contributed by atoms with van der Waals surface area (Å²) in [7, 11) is 2.24. The molecule has 2 rings (SSSR count). The molecule has 3 heteroatoms. The van der Waals surface area contributed by atoms with Crippen LogP contribution in [0.2, 0.25) is 0 Å². The smallest absolute Gasteiger partial charge is 0.0484 e. The van der Waals surface area contributed by atoms with Crippen LogP contribution in [-0.4, -0.2) is 43.3 Å². The van der Waals surface area contributed by atoms with Crippen LogP contribution in [0.3, 0.4) is 0 Å². The Morgan fingerprint density at radius 2 is 1.87 bits per heavy atom. The first-order chi connectivity index (χ1) is 7.20. The lowest BCUT2D eigenvalue weighted by molar-refractivity contribution is 0.0358. The molecule has 0 spiro atoms. The molecule has 1 aliphatic carbocycles. The minimum atomic E-state index is 0.00951. The zero-order chi connectivity index (χ0) is 10.7. The van der Waals surface area contributed by atoms with Gasteiger partial charge in [0.15, 0.2) is 0 Å². The fraction of sp³-hybridized carbons (Fsp3) is 1.00. The van der Waals surface area contributed by atoms with Crippen molar-refractivity contribution < 1.29 is 4.74 Å². The fourth-order valence-corrected chi connectivity index (χ4v) is 2.91. The largest absolute Gasteiger partial charge is 0.381 e. The summed E-state index contributed by atoms with van der Waals surface area (Å²) in [5, 5.41) is 0. The molecule has 1 heterocycles. The molecule has 2 aliphatic rings. The van der Waals surface area contributed by atoms with E-state index in [0.717, 1.165) is 38.6 Å². The second-order valence-electron chi connectivity index (χ2n) is 5.33. The summed E-state index contributed by atoms with van der Waals surface area (Å²) in [4.78, 5) is 2.48. The molecule has 1 saturated heterocycles. The number of hydrogen-bond donors (Lipinski definition) is 1. The molecule has 0 aromatic heterocycles. The highest BCUT2D eigenvalue weighted by Gasteiger charge is 2.31. The first-order valence-electron chi connectivity index (χ1n) is 6.26. The van der Waals surface area contributed by atoms with Gasteiger partial charge in [0.05, 0.1) is 0 Å². The summed E-state index contributed by atoms with van der Waals surface area (Å²) in [5.74, 6) is 0. The standard InChI is InChI=1S/C12H24N2O/c1-14(11-4-2-3-5-11)10-12(13)6-8-15-9-7-12/h11H,2-10,13H2,1H3. The van der Waals surface area contributed by atoms with Gasteiger partial charge in [-0.1, -0.05) is 12.8 Å². The van der Waals surface area contributed by atoms with Crippen molar-refractivity contribution in [3.8, 4) is 0 Å². The Kier molecular flexibility index (Phi) is 3.65. The molecular weight excluding hydrogens is 188 g/mol. The topological polar surface area (TPSA) is 38.5 Å². The predicted molar refractivity (Wildman–Crippen MR) is 61.9 cm³/mol. The highest BCUT2D eigenvalue weighted by Crippen LogP contribution is 2.25. The number of rotatable bonds is 3. The van der Waals surface area contributed by atoms with E-state index in [0.29, 0.717) is 0 Å². The first kappa shape index (κ1) is 11.4. The van der Waals surface area contributed by atoms with Gasteiger partial charge < -0.3 is 15.4 Å². The second kappa shape index (κ2) is 4.81. The van der Waals surface area contributed by atoms with Gasteiger partial charge in [-0.05, 0) is 32.7 Å². The van der Waals surface area contributed by atoms with Gasteiger partial charge in [-0.15, -0.1) is 0 Å². The highest BCUT2D eigenvalue weighted by atomic mass is 16.5. The van der Waals surface area contributed by atoms with Crippen LogP contribution in [0.5, 0.6) is 0 Å². The van der Waals surface area contributed by atoms with Crippen molar-refractivity contribution in [3.05, 3.63) is 0 Å². The highest BCUT2D eigenvalue weighted by molar-refractivity contribution is 4.91. The zero-order valence-corrected chi connectivity index (χ0v) is 9.87. The van der Waals surface area contributed by atoms with Crippen LogP contribution in [0.15, 0.2) is 0 Å². The van der Waals surface area contributed by atoms with E-state index in [1.165, 1.54) is 25.7 Å². The Balaban J connectivity index is 1.83. The van der Waals surface area contributed by atoms with Crippen molar-refractivity contribution in [2.45, 2.75) is 50.1 Å². The average Bonchev–Trinajstić information content (AvgIpc) is 2.70. The second-order valence-corrected chi connectivity index (χ2v) is 5.33. The predicted octanol–water partition coefficient (Wildman–Crippen LogP) is 1.37. The van der Waals surface area contributed by atoms with E-state index in [9.17, 15) is 0 Å². The summed E-state index contributed by atoms with van der Waals surface area (Å²) in [6.45, 7) is 2.73. The number of hydrogen-bond acceptors (Lipinski definition) is 3. The van der Waals surface area contributed by atoms with Gasteiger partial charge in [0.1, 0.15) is 0 Å². The van der Waals surface area contributed by atoms with Crippen LogP contribution in [0, 0.1) is 0 Å². The van der Waals surface area contributed by atoms with Crippen molar-refractivity contribution in [1.29, 1.82) is 0 Å². The SMILES string of the molecule is CN(CC1(N)CCOCC1)C1CCCC1. The monoisotopic (exact) mass is 212 g/mol. The summed E-state index contributed by atoms with van der Waals surface area (Å²) in [5.41, 5.74) is 6.42. The molecule has 0 bridgehead atoms. The molecule has 2 fully saturated rings. The van der Waals surface area contributed by atoms with Gasteiger partial charge in [0.25, 0.3) is 0 Å². The van der Waals surface area contributed by atoms with Crippen LogP contribution >= 0.6 is 0 Å². The van der Waals surface area contributed by atoms with Crippen LogP contribution in [0.1, 0.15) is 38.5 Å². The van der Waals surface area contributed by atoms with E-state index in [1.54, 1.807) is 0 Å². The summed E-state index contributed by atoms with van der Waals surface area (Å²) >= 11 is 0. The van der Waals surface area contributed by atoms with E-state index in [1.807, 2.05) is 0 Å². The van der Waals surface area contributed by atoms with E-state index < -0.39 is 0 Å². The number of ether oxygens (including phenoxy) is 1. The van der Waals surface area contributed by atoms with E-state index in [4.69, 9.17) is 10.5 Å². The molecule has 1 saturated carbocycles. The molecular formula is C12H24N2O. The number of nitrogens with zero attached hydrogens (tertiary/aromatic N) is 1. The van der Waals surface area contributed by atoms with Crippen LogP contribution in [0.4, 0.5) is 0 Å². The Hall–Kier alpha value is -0.120. The third kappa shape index (κ3) is 2.92. The lowest BCUT2D eigenvalue weighted by Crippen LogP contribution is -2.54. The Morgan fingerprint density at radius 3 is 2.47 bits per heavy atom. The maximum atomic E-state index is 6.41. The lowest BCUT2D eigenvalue weighted by Gasteiger charge is -2.38. The maximum absolute atomic E-state index is 6.41. The quantitative estimate of drug-likeness (QED) is 0.768. The molecule has 15 heavy (non-hydrogen) atoms. The van der Waals surface area contributed by atoms with E-state index in [2.05, 4.69) is 11.9 Å². The lowest BCUT2D eigenvalue weighted by atomic mass is 9.90. The van der Waals surface area contributed by atoms with Gasteiger partial charge in [0, 0.05) is 31.3 Å². The Labute approximate surface area is 93.0 Å². The zero-order valence-electron chi connectivity index (χ0n) is 9.87. The molecule has 0 amide bonds. The summed E-state index contributed by atoms with van der Waals surface area (Å²) in [6.07, 6.45) is 7.56. The van der Waals surface area contributed by atoms with Crippen molar-refractivity contribution in [3.63, 3.8) is 0 Å². The van der Waals surface area contributed by atoms with Crippen molar-refractivity contribution >= 4 is 0 Å². The van der Waals surface area contributed by atoms with Gasteiger partial charge >= 0.3 is 0 Å². The minimum Gasteiger partial charge on any atom is -0.381 e. The molecule has 2 N–H and O–H groups in total. The molecule has 0 aromatic carbocycles. The average molecular weight is 212 g/mol. The van der Waals surface area contributed by atoms with Gasteiger partial charge in [0.2, 0.25) is 0 Å². The van der Waals surface area contributed by atoms with Crippen molar-refractivity contribution in [1.82, 2.24) is 4.90 Å². The molecule has 3 nitrogen and oxygen atoms in total. The minimum absolute atomic E-state index is 0.00951. The molecule has 0 atom stereocenters. The third-order valence-corrected chi connectivity index (χ3v) is 4.00. The van der Waals surface area contributed by atoms with Crippen LogP contribution in [-0.2, 0) is 4.74 Å². The van der Waals surface area contributed by atoms with E-state index >= 15 is 0 Å². The molecule has 1 aliphatic heterocycles. The van der Waals surface area contributed by atoms with Gasteiger partial charge in [-0.2, -0.15) is 0 Å². The maximum Gasteiger partial charge on any atom is 0.0484 e. The van der Waals surface area contributed by atoms with Gasteiger partial charge in [-0.25, -0.2) is 0 Å².